The number of thiazole rings is 1. The Labute approximate surface area is 99.0 Å². The van der Waals surface area contributed by atoms with Crippen molar-refractivity contribution in [2.75, 3.05) is 20.2 Å². The van der Waals surface area contributed by atoms with E-state index in [1.807, 2.05) is 7.05 Å². The smallest absolute Gasteiger partial charge is 0.359 e. The molecular weight excluding hydrogens is 224 g/mol. The number of esters is 1. The zero-order valence-corrected chi connectivity index (χ0v) is 10.2. The summed E-state index contributed by atoms with van der Waals surface area (Å²) in [5, 5.41) is 3.00. The predicted octanol–water partition coefficient (Wildman–Crippen LogP) is 1.28. The Hall–Kier alpha value is -1.38. The average molecular weight is 238 g/mol. The van der Waals surface area contributed by atoms with Crippen LogP contribution in [0.1, 0.15) is 28.7 Å². The molecule has 0 aliphatic rings. The Morgan fingerprint density at radius 1 is 1.69 bits per heavy atom. The second-order valence-corrected chi connectivity index (χ2v) is 3.76. The molecule has 0 fully saturated rings. The normalized spacial score (nSPS) is 9.38. The van der Waals surface area contributed by atoms with Crippen LogP contribution in [0.4, 0.5) is 0 Å². The molecule has 16 heavy (non-hydrogen) atoms. The van der Waals surface area contributed by atoms with Gasteiger partial charge in [-0.15, -0.1) is 11.3 Å². The van der Waals surface area contributed by atoms with E-state index in [1.54, 1.807) is 12.4 Å². The maximum Gasteiger partial charge on any atom is 0.359 e. The molecule has 0 atom stereocenters. The Balaban J connectivity index is 2.69. The second kappa shape index (κ2) is 6.99. The van der Waals surface area contributed by atoms with E-state index in [9.17, 15) is 4.79 Å². The fourth-order valence-electron chi connectivity index (χ4n) is 1.01. The third-order valence-electron chi connectivity index (χ3n) is 1.74. The van der Waals surface area contributed by atoms with Gasteiger partial charge in [-0.3, -0.25) is 0 Å². The van der Waals surface area contributed by atoms with E-state index in [4.69, 9.17) is 4.74 Å². The molecule has 0 aliphatic carbocycles. The van der Waals surface area contributed by atoms with Crippen LogP contribution in [0.5, 0.6) is 0 Å². The first-order valence-corrected chi connectivity index (χ1v) is 5.91. The van der Waals surface area contributed by atoms with Crippen LogP contribution in [0.15, 0.2) is 5.51 Å². The lowest BCUT2D eigenvalue weighted by molar-refractivity contribution is 0.0520. The third kappa shape index (κ3) is 3.65. The molecule has 1 aromatic heterocycles. The Morgan fingerprint density at radius 2 is 2.50 bits per heavy atom. The summed E-state index contributed by atoms with van der Waals surface area (Å²) in [5.41, 5.74) is 1.93. The predicted molar refractivity (Wildman–Crippen MR) is 63.5 cm³/mol. The van der Waals surface area contributed by atoms with Crippen molar-refractivity contribution in [3.63, 3.8) is 0 Å². The van der Waals surface area contributed by atoms with Gasteiger partial charge in [-0.1, -0.05) is 11.8 Å². The third-order valence-corrected chi connectivity index (χ3v) is 2.48. The van der Waals surface area contributed by atoms with Gasteiger partial charge in [-0.2, -0.15) is 0 Å². The van der Waals surface area contributed by atoms with Gasteiger partial charge in [0.05, 0.1) is 12.1 Å². The molecule has 1 aromatic rings. The molecular formula is C11H14N2O2S. The number of aromatic nitrogens is 1. The summed E-state index contributed by atoms with van der Waals surface area (Å²) in [6.07, 6.45) is 0.747. The molecule has 1 N–H and O–H groups in total. The summed E-state index contributed by atoms with van der Waals surface area (Å²) in [4.78, 5) is 16.1. The number of hydrogen-bond acceptors (Lipinski definition) is 5. The summed E-state index contributed by atoms with van der Waals surface area (Å²) in [6.45, 7) is 2.95. The van der Waals surface area contributed by atoms with Crippen molar-refractivity contribution in [2.45, 2.75) is 13.3 Å². The Morgan fingerprint density at radius 3 is 3.19 bits per heavy atom. The van der Waals surface area contributed by atoms with E-state index in [2.05, 4.69) is 22.1 Å². The number of rotatable bonds is 4. The van der Waals surface area contributed by atoms with Gasteiger partial charge in [0.25, 0.3) is 0 Å². The highest BCUT2D eigenvalue weighted by Gasteiger charge is 2.13. The van der Waals surface area contributed by atoms with Crippen LogP contribution in [0, 0.1) is 11.8 Å². The van der Waals surface area contributed by atoms with Crippen molar-refractivity contribution in [2.24, 2.45) is 0 Å². The summed E-state index contributed by atoms with van der Waals surface area (Å²) < 4.78 is 4.88. The van der Waals surface area contributed by atoms with E-state index in [0.717, 1.165) is 13.0 Å². The van der Waals surface area contributed by atoms with Gasteiger partial charge >= 0.3 is 5.97 Å². The molecule has 1 rings (SSSR count). The van der Waals surface area contributed by atoms with E-state index in [0.29, 0.717) is 17.2 Å². The summed E-state index contributed by atoms with van der Waals surface area (Å²) in [7, 11) is 1.87. The fourth-order valence-corrected chi connectivity index (χ4v) is 1.65. The van der Waals surface area contributed by atoms with Crippen LogP contribution in [0.25, 0.3) is 0 Å². The summed E-state index contributed by atoms with van der Waals surface area (Å²) in [6, 6.07) is 0. The largest absolute Gasteiger partial charge is 0.461 e. The SMILES string of the molecule is CCOC(=O)c1ncsc1C#CCCNC. The summed E-state index contributed by atoms with van der Waals surface area (Å²) >= 11 is 1.36. The van der Waals surface area contributed by atoms with Crippen LogP contribution in [-0.2, 0) is 4.74 Å². The lowest BCUT2D eigenvalue weighted by Gasteiger charge is -1.97. The molecule has 1 heterocycles. The molecule has 0 aliphatic heterocycles. The zero-order chi connectivity index (χ0) is 11.8. The van der Waals surface area contributed by atoms with Crippen molar-refractivity contribution in [3.05, 3.63) is 16.1 Å². The first kappa shape index (κ1) is 12.7. The van der Waals surface area contributed by atoms with E-state index < -0.39 is 5.97 Å². The molecule has 0 spiro atoms. The van der Waals surface area contributed by atoms with Crippen molar-refractivity contribution in [1.29, 1.82) is 0 Å². The lowest BCUT2D eigenvalue weighted by atomic mass is 10.3. The van der Waals surface area contributed by atoms with Crippen molar-refractivity contribution in [1.82, 2.24) is 10.3 Å². The number of carbonyl (C=O) groups excluding carboxylic acids is 1. The quantitative estimate of drug-likeness (QED) is 0.488. The van der Waals surface area contributed by atoms with Gasteiger partial charge in [-0.25, -0.2) is 9.78 Å². The van der Waals surface area contributed by atoms with E-state index in [1.165, 1.54) is 11.3 Å². The summed E-state index contributed by atoms with van der Waals surface area (Å²) in [5.74, 6) is 5.51. The standard InChI is InChI=1S/C11H14N2O2S/c1-3-15-11(14)10-9(16-8-13-10)6-4-5-7-12-2/h8,12H,3,5,7H2,1-2H3. The Bertz CT molecular complexity index is 404. The second-order valence-electron chi connectivity index (χ2n) is 2.91. The molecule has 86 valence electrons. The minimum Gasteiger partial charge on any atom is -0.461 e. The maximum atomic E-state index is 11.5. The van der Waals surface area contributed by atoms with Crippen LogP contribution >= 0.6 is 11.3 Å². The van der Waals surface area contributed by atoms with Gasteiger partial charge < -0.3 is 10.1 Å². The Kier molecular flexibility index (Phi) is 5.54. The molecule has 0 radical (unpaired) electrons. The lowest BCUT2D eigenvalue weighted by Crippen LogP contribution is -2.07. The first-order valence-electron chi connectivity index (χ1n) is 5.03. The number of carbonyl (C=O) groups is 1. The number of hydrogen-bond donors (Lipinski definition) is 1. The van der Waals surface area contributed by atoms with Crippen LogP contribution in [-0.4, -0.2) is 31.2 Å². The topological polar surface area (TPSA) is 51.2 Å². The fraction of sp³-hybridized carbons (Fsp3) is 0.455. The van der Waals surface area contributed by atoms with Gasteiger partial charge in [0.15, 0.2) is 5.69 Å². The van der Waals surface area contributed by atoms with E-state index in [-0.39, 0.29) is 0 Å². The highest BCUT2D eigenvalue weighted by molar-refractivity contribution is 7.10. The first-order chi connectivity index (χ1) is 7.79. The van der Waals surface area contributed by atoms with Crippen molar-refractivity contribution >= 4 is 17.3 Å². The highest BCUT2D eigenvalue weighted by atomic mass is 32.1. The average Bonchev–Trinajstić information content (AvgIpc) is 2.73. The molecule has 0 bridgehead atoms. The molecule has 0 aromatic carbocycles. The molecule has 0 unspecified atom stereocenters. The van der Waals surface area contributed by atoms with Crippen molar-refractivity contribution in [3.8, 4) is 11.8 Å². The molecule has 5 heteroatoms. The number of ether oxygens (including phenoxy) is 1. The molecule has 0 saturated heterocycles. The van der Waals surface area contributed by atoms with Crippen LogP contribution in [0.3, 0.4) is 0 Å². The molecule has 4 nitrogen and oxygen atoms in total. The minimum atomic E-state index is -0.401. The van der Waals surface area contributed by atoms with Gasteiger partial charge in [0.1, 0.15) is 4.88 Å². The van der Waals surface area contributed by atoms with Crippen LogP contribution < -0.4 is 5.32 Å². The number of nitrogens with one attached hydrogen (secondary N) is 1. The molecule has 0 amide bonds. The maximum absolute atomic E-state index is 11.5. The van der Waals surface area contributed by atoms with E-state index >= 15 is 0 Å². The van der Waals surface area contributed by atoms with Crippen molar-refractivity contribution < 1.29 is 9.53 Å². The van der Waals surface area contributed by atoms with Gasteiger partial charge in [0.2, 0.25) is 0 Å². The zero-order valence-electron chi connectivity index (χ0n) is 9.37. The minimum absolute atomic E-state index is 0.323. The highest BCUT2D eigenvalue weighted by Crippen LogP contribution is 2.12. The monoisotopic (exact) mass is 238 g/mol. The van der Waals surface area contributed by atoms with Gasteiger partial charge in [0, 0.05) is 13.0 Å². The number of nitrogens with zero attached hydrogens (tertiary/aromatic N) is 1. The van der Waals surface area contributed by atoms with Gasteiger partial charge in [-0.05, 0) is 14.0 Å². The molecule has 0 saturated carbocycles. The van der Waals surface area contributed by atoms with Crippen LogP contribution in [0.2, 0.25) is 0 Å².